The van der Waals surface area contributed by atoms with E-state index in [9.17, 15) is 9.59 Å². The molecule has 0 aromatic carbocycles. The van der Waals surface area contributed by atoms with Crippen LogP contribution in [-0.2, 0) is 9.59 Å². The molecule has 0 aliphatic carbocycles. The number of rotatable bonds is 4. The van der Waals surface area contributed by atoms with Crippen molar-refractivity contribution >= 4 is 11.9 Å². The molecule has 0 rings (SSSR count). The van der Waals surface area contributed by atoms with E-state index in [1.165, 1.54) is 6.92 Å². The molecule has 5 nitrogen and oxygen atoms in total. The molecule has 5 heteroatoms. The zero-order valence-corrected chi connectivity index (χ0v) is 8.12. The van der Waals surface area contributed by atoms with Crippen LogP contribution in [0.4, 0.5) is 0 Å². The van der Waals surface area contributed by atoms with Crippen molar-refractivity contribution < 1.29 is 19.8 Å². The normalized spacial score (nSPS) is 8.14. The van der Waals surface area contributed by atoms with Gasteiger partial charge in [-0.25, -0.2) is 9.59 Å². The van der Waals surface area contributed by atoms with E-state index in [0.717, 1.165) is 0 Å². The largest absolute Gasteiger partial charge is 0.478 e. The highest BCUT2D eigenvalue weighted by atomic mass is 16.4. The molecule has 0 saturated heterocycles. The summed E-state index contributed by atoms with van der Waals surface area (Å²) in [6.45, 7) is 8.22. The molecule has 80 valence electrons. The number of carbonyl (C=O) groups is 2. The molecule has 0 unspecified atom stereocenters. The number of hydrogen-bond acceptors (Lipinski definition) is 3. The van der Waals surface area contributed by atoms with Gasteiger partial charge in [-0.1, -0.05) is 13.2 Å². The minimum Gasteiger partial charge on any atom is -0.478 e. The summed E-state index contributed by atoms with van der Waals surface area (Å²) in [4.78, 5) is 19.5. The second-order valence-electron chi connectivity index (χ2n) is 2.53. The second-order valence-corrected chi connectivity index (χ2v) is 2.53. The average molecular weight is 201 g/mol. The van der Waals surface area contributed by atoms with Crippen molar-refractivity contribution in [3.05, 3.63) is 24.3 Å². The lowest BCUT2D eigenvalue weighted by Gasteiger charge is -1.92. The molecule has 0 bridgehead atoms. The van der Waals surface area contributed by atoms with Crippen molar-refractivity contribution in [1.82, 2.24) is 0 Å². The number of hydrogen-bond donors (Lipinski definition) is 3. The molecule has 0 amide bonds. The maximum Gasteiger partial charge on any atom is 0.330 e. The highest BCUT2D eigenvalue weighted by Crippen LogP contribution is 1.93. The van der Waals surface area contributed by atoms with E-state index in [1.54, 1.807) is 0 Å². The first-order valence-corrected chi connectivity index (χ1v) is 3.82. The Hall–Kier alpha value is -1.62. The van der Waals surface area contributed by atoms with Crippen LogP contribution >= 0.6 is 0 Å². The molecule has 0 spiro atoms. The predicted molar refractivity (Wildman–Crippen MR) is 52.9 cm³/mol. The lowest BCUT2D eigenvalue weighted by Crippen LogP contribution is -2.06. The van der Waals surface area contributed by atoms with Crippen LogP contribution in [0.3, 0.4) is 0 Å². The van der Waals surface area contributed by atoms with Gasteiger partial charge < -0.3 is 15.9 Å². The molecule has 0 fully saturated rings. The Morgan fingerprint density at radius 1 is 1.21 bits per heavy atom. The van der Waals surface area contributed by atoms with Crippen LogP contribution in [0.15, 0.2) is 24.3 Å². The van der Waals surface area contributed by atoms with Gasteiger partial charge in [-0.05, 0) is 19.9 Å². The standard InChI is InChI=1S/C5H9NO2.C4H6O2/c1-4(2-3-6)5(7)8;1-3(2)4(5)6/h1-3,6H2,(H,7,8);1H2,2H3,(H,5,6). The molecule has 4 N–H and O–H groups in total. The molecule has 0 heterocycles. The summed E-state index contributed by atoms with van der Waals surface area (Å²) in [6.07, 6.45) is 0.370. The molecule has 14 heavy (non-hydrogen) atoms. The van der Waals surface area contributed by atoms with Crippen molar-refractivity contribution in [1.29, 1.82) is 0 Å². The third kappa shape index (κ3) is 10.4. The van der Waals surface area contributed by atoms with E-state index in [-0.39, 0.29) is 11.1 Å². The molecule has 0 aliphatic heterocycles. The van der Waals surface area contributed by atoms with Crippen molar-refractivity contribution in [3.63, 3.8) is 0 Å². The Kier molecular flexibility index (Phi) is 8.50. The van der Waals surface area contributed by atoms with Gasteiger partial charge in [-0.15, -0.1) is 0 Å². The zero-order valence-electron chi connectivity index (χ0n) is 8.12. The van der Waals surface area contributed by atoms with Gasteiger partial charge in [-0.3, -0.25) is 0 Å². The second kappa shape index (κ2) is 8.00. The fraction of sp³-hybridized carbons (Fsp3) is 0.333. The molecule has 0 aromatic heterocycles. The number of carboxylic acid groups (broad SMARTS) is 2. The van der Waals surface area contributed by atoms with Gasteiger partial charge in [-0.2, -0.15) is 0 Å². The lowest BCUT2D eigenvalue weighted by molar-refractivity contribution is -0.133. The first kappa shape index (κ1) is 14.9. The van der Waals surface area contributed by atoms with E-state index in [1.807, 2.05) is 0 Å². The topological polar surface area (TPSA) is 101 Å². The monoisotopic (exact) mass is 201 g/mol. The minimum absolute atomic E-state index is 0.174. The van der Waals surface area contributed by atoms with E-state index in [4.69, 9.17) is 15.9 Å². The van der Waals surface area contributed by atoms with Crippen LogP contribution in [0.1, 0.15) is 13.3 Å². The quantitative estimate of drug-likeness (QED) is 0.579. The number of carboxylic acids is 2. The van der Waals surface area contributed by atoms with E-state index >= 15 is 0 Å². The Morgan fingerprint density at radius 3 is 1.64 bits per heavy atom. The first-order valence-electron chi connectivity index (χ1n) is 3.82. The van der Waals surface area contributed by atoms with Gasteiger partial charge in [0.15, 0.2) is 0 Å². The fourth-order valence-corrected chi connectivity index (χ4v) is 0.281. The Balaban J connectivity index is 0. The van der Waals surface area contributed by atoms with E-state index < -0.39 is 11.9 Å². The zero-order chi connectivity index (χ0) is 11.7. The van der Waals surface area contributed by atoms with Gasteiger partial charge in [0.1, 0.15) is 0 Å². The van der Waals surface area contributed by atoms with Crippen molar-refractivity contribution in [2.75, 3.05) is 6.54 Å². The van der Waals surface area contributed by atoms with Crippen molar-refractivity contribution in [3.8, 4) is 0 Å². The number of aliphatic carboxylic acids is 2. The molecular formula is C9H15NO4. The van der Waals surface area contributed by atoms with Gasteiger partial charge >= 0.3 is 11.9 Å². The first-order chi connectivity index (χ1) is 6.32. The molecule has 0 atom stereocenters. The van der Waals surface area contributed by atoms with Gasteiger partial charge in [0.2, 0.25) is 0 Å². The lowest BCUT2D eigenvalue weighted by atomic mass is 10.2. The summed E-state index contributed by atoms with van der Waals surface area (Å²) in [7, 11) is 0. The minimum atomic E-state index is -0.963. The SMILES string of the molecule is C=C(C)C(=O)O.C=C(CCN)C(=O)O. The number of nitrogens with two attached hydrogens (primary N) is 1. The Bertz CT molecular complexity index is 233. The Labute approximate surface area is 82.5 Å². The third-order valence-electron chi connectivity index (χ3n) is 1.11. The van der Waals surface area contributed by atoms with Gasteiger partial charge in [0.25, 0.3) is 0 Å². The summed E-state index contributed by atoms with van der Waals surface area (Å²) in [5.74, 6) is -1.90. The maximum atomic E-state index is 9.93. The highest BCUT2D eigenvalue weighted by molar-refractivity contribution is 5.85. The molecule has 0 saturated carbocycles. The van der Waals surface area contributed by atoms with Gasteiger partial charge in [0, 0.05) is 11.1 Å². The smallest absolute Gasteiger partial charge is 0.330 e. The summed E-state index contributed by atoms with van der Waals surface area (Å²) < 4.78 is 0. The summed E-state index contributed by atoms with van der Waals surface area (Å²) >= 11 is 0. The van der Waals surface area contributed by atoms with Crippen LogP contribution in [0, 0.1) is 0 Å². The predicted octanol–water partition coefficient (Wildman–Crippen LogP) is 0.623. The summed E-state index contributed by atoms with van der Waals surface area (Å²) in [6, 6.07) is 0. The van der Waals surface area contributed by atoms with Crippen LogP contribution in [0.5, 0.6) is 0 Å². The van der Waals surface area contributed by atoms with Crippen LogP contribution in [-0.4, -0.2) is 28.7 Å². The summed E-state index contributed by atoms with van der Waals surface area (Å²) in [5.41, 5.74) is 5.39. The summed E-state index contributed by atoms with van der Waals surface area (Å²) in [5, 5.41) is 16.0. The van der Waals surface area contributed by atoms with Crippen LogP contribution < -0.4 is 5.73 Å². The fourth-order valence-electron chi connectivity index (χ4n) is 0.281. The van der Waals surface area contributed by atoms with Crippen LogP contribution in [0.2, 0.25) is 0 Å². The Morgan fingerprint density at radius 2 is 1.57 bits per heavy atom. The van der Waals surface area contributed by atoms with E-state index in [2.05, 4.69) is 13.2 Å². The average Bonchev–Trinajstić information content (AvgIpc) is 2.05. The van der Waals surface area contributed by atoms with Crippen molar-refractivity contribution in [2.45, 2.75) is 13.3 Å². The molecule has 0 aromatic rings. The highest BCUT2D eigenvalue weighted by Gasteiger charge is 1.99. The van der Waals surface area contributed by atoms with Crippen LogP contribution in [0.25, 0.3) is 0 Å². The molecule has 0 radical (unpaired) electrons. The molecular weight excluding hydrogens is 186 g/mol. The van der Waals surface area contributed by atoms with Gasteiger partial charge in [0.05, 0.1) is 0 Å². The van der Waals surface area contributed by atoms with E-state index in [0.29, 0.717) is 13.0 Å². The van der Waals surface area contributed by atoms with Crippen molar-refractivity contribution in [2.24, 2.45) is 5.73 Å². The third-order valence-corrected chi connectivity index (χ3v) is 1.11. The molecule has 0 aliphatic rings. The maximum absolute atomic E-state index is 9.93.